The maximum Gasteiger partial charge on any atom is 0.388 e. The Balaban J connectivity index is 2.24. The predicted molar refractivity (Wildman–Crippen MR) is 140 cm³/mol. The average molecular weight is 523 g/mol. The minimum absolute atomic E-state index is 0.170. The van der Waals surface area contributed by atoms with Crippen molar-refractivity contribution in [3.05, 3.63) is 127 Å². The fourth-order valence-electron chi connectivity index (χ4n) is 4.86. The van der Waals surface area contributed by atoms with Crippen LogP contribution in [0.3, 0.4) is 0 Å². The Bertz CT molecular complexity index is 1200. The molecular formula is C30H26F3O3P. The van der Waals surface area contributed by atoms with Crippen LogP contribution in [0.4, 0.5) is 13.2 Å². The minimum atomic E-state index is -5.32. The van der Waals surface area contributed by atoms with E-state index in [1.165, 1.54) is 25.1 Å². The highest BCUT2D eigenvalue weighted by Crippen LogP contribution is 2.66. The van der Waals surface area contributed by atoms with Gasteiger partial charge in [-0.05, 0) is 48.9 Å². The van der Waals surface area contributed by atoms with Crippen molar-refractivity contribution >= 4 is 29.1 Å². The highest BCUT2D eigenvalue weighted by atomic mass is 31.2. The number of benzene rings is 4. The topological polar surface area (TPSA) is 49.4 Å². The molecule has 0 aliphatic carbocycles. The Labute approximate surface area is 214 Å². The lowest BCUT2D eigenvalue weighted by Gasteiger charge is -2.50. The van der Waals surface area contributed by atoms with Gasteiger partial charge in [0.1, 0.15) is 23.2 Å². The highest BCUT2D eigenvalue weighted by molar-refractivity contribution is 7.97. The lowest BCUT2D eigenvalue weighted by molar-refractivity contribution is -0.548. The van der Waals surface area contributed by atoms with Crippen LogP contribution >= 0.6 is 7.26 Å². The molecule has 0 heterocycles. The van der Waals surface area contributed by atoms with Crippen molar-refractivity contribution in [2.24, 2.45) is 0 Å². The van der Waals surface area contributed by atoms with E-state index in [1.807, 2.05) is 0 Å². The monoisotopic (exact) mass is 522 g/mol. The summed E-state index contributed by atoms with van der Waals surface area (Å²) >= 11 is 0. The van der Waals surface area contributed by atoms with Crippen molar-refractivity contribution in [3.63, 3.8) is 0 Å². The Morgan fingerprint density at radius 3 is 1.41 bits per heavy atom. The van der Waals surface area contributed by atoms with Gasteiger partial charge in [-0.15, -0.1) is 0 Å². The van der Waals surface area contributed by atoms with Gasteiger partial charge in [0.25, 0.3) is 0 Å². The van der Waals surface area contributed by atoms with Gasteiger partial charge in [0.15, 0.2) is 5.66 Å². The quantitative estimate of drug-likeness (QED) is 0.248. The summed E-state index contributed by atoms with van der Waals surface area (Å²) in [5.74, 6) is -1.18. The molecule has 2 unspecified atom stereocenters. The SMILES string of the molecule is CCOC(=O)C(C([O-])(c1ccccc1)C(F)(F)F)[P+](c1ccccc1)(c1ccccc1)c1ccccc1. The molecule has 0 saturated heterocycles. The minimum Gasteiger partial charge on any atom is -0.836 e. The van der Waals surface area contributed by atoms with Crippen molar-refractivity contribution in [1.29, 1.82) is 0 Å². The van der Waals surface area contributed by atoms with Crippen LogP contribution in [0.15, 0.2) is 121 Å². The fourth-order valence-corrected chi connectivity index (χ4v) is 9.81. The third-order valence-electron chi connectivity index (χ3n) is 6.40. The Morgan fingerprint density at radius 2 is 1.08 bits per heavy atom. The van der Waals surface area contributed by atoms with Gasteiger partial charge < -0.3 is 9.84 Å². The maximum atomic E-state index is 15.2. The molecule has 0 N–H and O–H groups in total. The molecule has 3 nitrogen and oxygen atoms in total. The first kappa shape index (κ1) is 26.6. The highest BCUT2D eigenvalue weighted by Gasteiger charge is 2.68. The third-order valence-corrected chi connectivity index (χ3v) is 11.1. The van der Waals surface area contributed by atoms with Crippen molar-refractivity contribution in [2.75, 3.05) is 6.61 Å². The molecule has 4 aromatic rings. The predicted octanol–water partition coefficient (Wildman–Crippen LogP) is 4.73. The van der Waals surface area contributed by atoms with Gasteiger partial charge in [0, 0.05) is 0 Å². The maximum absolute atomic E-state index is 15.2. The number of esters is 1. The van der Waals surface area contributed by atoms with Crippen molar-refractivity contribution in [2.45, 2.75) is 24.4 Å². The number of hydrogen-bond acceptors (Lipinski definition) is 3. The molecule has 0 saturated carbocycles. The van der Waals surface area contributed by atoms with Crippen molar-refractivity contribution < 1.29 is 27.8 Å². The summed E-state index contributed by atoms with van der Waals surface area (Å²) in [4.78, 5) is 13.9. The summed E-state index contributed by atoms with van der Waals surface area (Å²) in [7, 11) is -3.64. The van der Waals surface area contributed by atoms with E-state index in [-0.39, 0.29) is 6.61 Å². The van der Waals surface area contributed by atoms with Crippen LogP contribution in [0.2, 0.25) is 0 Å². The fraction of sp³-hybridized carbons (Fsp3) is 0.167. The Morgan fingerprint density at radius 1 is 0.730 bits per heavy atom. The van der Waals surface area contributed by atoms with Crippen LogP contribution in [0.5, 0.6) is 0 Å². The summed E-state index contributed by atoms with van der Waals surface area (Å²) < 4.78 is 51.0. The van der Waals surface area contributed by atoms with E-state index in [0.717, 1.165) is 12.1 Å². The van der Waals surface area contributed by atoms with E-state index in [1.54, 1.807) is 91.0 Å². The van der Waals surface area contributed by atoms with Crippen molar-refractivity contribution in [3.8, 4) is 0 Å². The Kier molecular flexibility index (Phi) is 7.82. The summed E-state index contributed by atoms with van der Waals surface area (Å²) in [6.45, 7) is 1.35. The Hall–Kier alpha value is -3.47. The lowest BCUT2D eigenvalue weighted by atomic mass is 9.89. The number of ether oxygens (including phenoxy) is 1. The summed E-state index contributed by atoms with van der Waals surface area (Å²) in [6.07, 6.45) is -5.32. The lowest BCUT2D eigenvalue weighted by Crippen LogP contribution is -2.67. The molecule has 0 aliphatic rings. The van der Waals surface area contributed by atoms with E-state index in [4.69, 9.17) is 4.74 Å². The second kappa shape index (κ2) is 10.9. The molecule has 7 heteroatoms. The largest absolute Gasteiger partial charge is 0.836 e. The van der Waals surface area contributed by atoms with Crippen LogP contribution in [0.1, 0.15) is 12.5 Å². The van der Waals surface area contributed by atoms with E-state index < -0.39 is 36.2 Å². The summed E-state index contributed by atoms with van der Waals surface area (Å²) in [6, 6.07) is 32.3. The van der Waals surface area contributed by atoms with Crippen LogP contribution in [-0.4, -0.2) is 24.4 Å². The molecule has 2 atom stereocenters. The van der Waals surface area contributed by atoms with Crippen LogP contribution in [0.25, 0.3) is 0 Å². The number of carbonyl (C=O) groups is 1. The standard InChI is InChI=1S/C30H26F3O3P/c1-2-36-28(34)27(29(35,30(31,32)33)23-15-7-3-8-16-23)37(24-17-9-4-10-18-24,25-19-11-5-12-20-25)26-21-13-6-14-22-26/h3-22,27H,2H2,1H3. The number of rotatable bonds is 8. The first-order valence-electron chi connectivity index (χ1n) is 11.8. The molecule has 0 amide bonds. The van der Waals surface area contributed by atoms with Gasteiger partial charge >= 0.3 is 12.1 Å². The summed E-state index contributed by atoms with van der Waals surface area (Å²) in [5.41, 5.74) is -6.49. The number of hydrogen-bond donors (Lipinski definition) is 0. The molecule has 0 fully saturated rings. The zero-order valence-corrected chi connectivity index (χ0v) is 21.0. The first-order chi connectivity index (χ1) is 17.8. The molecule has 0 bridgehead atoms. The molecule has 190 valence electrons. The molecular weight excluding hydrogens is 496 g/mol. The average Bonchev–Trinajstić information content (AvgIpc) is 2.93. The molecule has 0 aromatic heterocycles. The van der Waals surface area contributed by atoms with Crippen LogP contribution < -0.4 is 21.0 Å². The van der Waals surface area contributed by atoms with E-state index in [9.17, 15) is 9.90 Å². The van der Waals surface area contributed by atoms with Gasteiger partial charge in [0.05, 0.1) is 12.2 Å². The van der Waals surface area contributed by atoms with E-state index in [0.29, 0.717) is 15.9 Å². The first-order valence-corrected chi connectivity index (χ1v) is 13.7. The van der Waals surface area contributed by atoms with Gasteiger partial charge in [0.2, 0.25) is 0 Å². The number of halogens is 3. The van der Waals surface area contributed by atoms with Gasteiger partial charge in [-0.3, -0.25) is 0 Å². The normalized spacial score (nSPS) is 14.4. The van der Waals surface area contributed by atoms with Gasteiger partial charge in [-0.1, -0.05) is 84.9 Å². The second-order valence-electron chi connectivity index (χ2n) is 8.48. The summed E-state index contributed by atoms with van der Waals surface area (Å²) in [5, 5.41) is 16.1. The third kappa shape index (κ3) is 4.68. The van der Waals surface area contributed by atoms with Gasteiger partial charge in [-0.2, -0.15) is 13.2 Å². The number of carbonyl (C=O) groups excluding carboxylic acids is 1. The molecule has 0 aliphatic heterocycles. The zero-order valence-electron chi connectivity index (χ0n) is 20.1. The number of alkyl halides is 3. The van der Waals surface area contributed by atoms with Gasteiger partial charge in [-0.25, -0.2) is 4.79 Å². The smallest absolute Gasteiger partial charge is 0.388 e. The van der Waals surface area contributed by atoms with Crippen molar-refractivity contribution in [1.82, 2.24) is 0 Å². The molecule has 0 spiro atoms. The van der Waals surface area contributed by atoms with Crippen LogP contribution in [0, 0.1) is 0 Å². The zero-order chi connectivity index (χ0) is 26.5. The van der Waals surface area contributed by atoms with E-state index >= 15 is 13.2 Å². The molecule has 37 heavy (non-hydrogen) atoms. The second-order valence-corrected chi connectivity index (χ2v) is 12.0. The molecule has 4 rings (SSSR count). The van der Waals surface area contributed by atoms with E-state index in [2.05, 4.69) is 0 Å². The van der Waals surface area contributed by atoms with Crippen LogP contribution in [-0.2, 0) is 15.1 Å². The molecule has 4 aromatic carbocycles. The molecule has 0 radical (unpaired) electrons.